The number of amidine groups is 1. The normalized spacial score (nSPS) is 9.62. The van der Waals surface area contributed by atoms with Crippen molar-refractivity contribution in [1.29, 1.82) is 5.41 Å². The summed E-state index contributed by atoms with van der Waals surface area (Å²) in [7, 11) is 0. The van der Waals surface area contributed by atoms with Crippen molar-refractivity contribution in [3.63, 3.8) is 0 Å². The molecule has 0 unspecified atom stereocenters. The van der Waals surface area contributed by atoms with Crippen LogP contribution in [0.25, 0.3) is 0 Å². The Hall–Kier alpha value is -1.10. The van der Waals surface area contributed by atoms with Crippen molar-refractivity contribution in [2.75, 3.05) is 6.61 Å². The Balaban J connectivity index is 2.41. The standard InChI is InChI=1S/C8H10BrN3O/c9-6-3-7(5-12-4-6)13-2-1-8(10)11/h3-5H,1-2H2,(H3,10,11). The summed E-state index contributed by atoms with van der Waals surface area (Å²) in [5.74, 6) is 0.804. The first-order chi connectivity index (χ1) is 6.18. The zero-order valence-corrected chi connectivity index (χ0v) is 8.54. The molecular weight excluding hydrogens is 234 g/mol. The molecule has 0 aliphatic carbocycles. The average molecular weight is 244 g/mol. The lowest BCUT2D eigenvalue weighted by molar-refractivity contribution is 0.327. The lowest BCUT2D eigenvalue weighted by Crippen LogP contribution is -2.13. The Morgan fingerprint density at radius 1 is 1.62 bits per heavy atom. The van der Waals surface area contributed by atoms with Gasteiger partial charge in [0.2, 0.25) is 0 Å². The van der Waals surface area contributed by atoms with Crippen molar-refractivity contribution in [3.05, 3.63) is 22.9 Å². The number of rotatable bonds is 4. The third kappa shape index (κ3) is 3.89. The molecule has 0 aliphatic heterocycles. The van der Waals surface area contributed by atoms with Gasteiger partial charge in [0, 0.05) is 17.1 Å². The third-order valence-electron chi connectivity index (χ3n) is 1.32. The second kappa shape index (κ2) is 4.81. The van der Waals surface area contributed by atoms with Crippen molar-refractivity contribution >= 4 is 21.8 Å². The summed E-state index contributed by atoms with van der Waals surface area (Å²) >= 11 is 3.27. The maximum atomic E-state index is 6.98. The first-order valence-electron chi connectivity index (χ1n) is 3.75. The monoisotopic (exact) mass is 243 g/mol. The third-order valence-corrected chi connectivity index (χ3v) is 1.75. The van der Waals surface area contributed by atoms with Crippen molar-refractivity contribution in [2.45, 2.75) is 6.42 Å². The van der Waals surface area contributed by atoms with Crippen LogP contribution in [0.4, 0.5) is 0 Å². The highest BCUT2D eigenvalue weighted by Gasteiger charge is 1.95. The van der Waals surface area contributed by atoms with Gasteiger partial charge in [-0.25, -0.2) is 0 Å². The second-order valence-electron chi connectivity index (χ2n) is 2.46. The van der Waals surface area contributed by atoms with E-state index in [0.717, 1.165) is 4.47 Å². The van der Waals surface area contributed by atoms with Crippen LogP contribution in [-0.4, -0.2) is 17.4 Å². The van der Waals surface area contributed by atoms with Crippen molar-refractivity contribution in [1.82, 2.24) is 4.98 Å². The molecule has 0 aromatic carbocycles. The lowest BCUT2D eigenvalue weighted by Gasteiger charge is -2.04. The van der Waals surface area contributed by atoms with Crippen LogP contribution in [0.15, 0.2) is 22.9 Å². The van der Waals surface area contributed by atoms with Gasteiger partial charge < -0.3 is 10.5 Å². The van der Waals surface area contributed by atoms with Crippen LogP contribution >= 0.6 is 15.9 Å². The Morgan fingerprint density at radius 3 is 3.00 bits per heavy atom. The van der Waals surface area contributed by atoms with Crippen LogP contribution in [0.2, 0.25) is 0 Å². The lowest BCUT2D eigenvalue weighted by atomic mass is 10.4. The van der Waals surface area contributed by atoms with Gasteiger partial charge in [-0.1, -0.05) is 0 Å². The molecule has 0 radical (unpaired) electrons. The predicted molar refractivity (Wildman–Crippen MR) is 54.0 cm³/mol. The van der Waals surface area contributed by atoms with E-state index < -0.39 is 0 Å². The van der Waals surface area contributed by atoms with Gasteiger partial charge in [-0.3, -0.25) is 10.4 Å². The van der Waals surface area contributed by atoms with E-state index in [4.69, 9.17) is 15.9 Å². The number of hydrogen-bond donors (Lipinski definition) is 2. The van der Waals surface area contributed by atoms with E-state index in [1.165, 1.54) is 0 Å². The zero-order valence-electron chi connectivity index (χ0n) is 6.96. The first kappa shape index (κ1) is 9.98. The van der Waals surface area contributed by atoms with E-state index in [1.807, 2.05) is 6.07 Å². The first-order valence-corrected chi connectivity index (χ1v) is 4.54. The zero-order chi connectivity index (χ0) is 9.68. The molecule has 0 aliphatic rings. The molecule has 0 atom stereocenters. The number of hydrogen-bond acceptors (Lipinski definition) is 3. The molecule has 0 saturated heterocycles. The van der Waals surface area contributed by atoms with Crippen molar-refractivity contribution < 1.29 is 4.74 Å². The van der Waals surface area contributed by atoms with Gasteiger partial charge >= 0.3 is 0 Å². The minimum absolute atomic E-state index is 0.128. The summed E-state index contributed by atoms with van der Waals surface area (Å²) in [6.45, 7) is 0.410. The van der Waals surface area contributed by atoms with Crippen LogP contribution < -0.4 is 10.5 Å². The summed E-state index contributed by atoms with van der Waals surface area (Å²) in [6.07, 6.45) is 3.73. The summed E-state index contributed by atoms with van der Waals surface area (Å²) in [5, 5.41) is 6.98. The molecule has 5 heteroatoms. The fraction of sp³-hybridized carbons (Fsp3) is 0.250. The van der Waals surface area contributed by atoms with E-state index in [2.05, 4.69) is 20.9 Å². The molecule has 3 N–H and O–H groups in total. The molecule has 0 saturated carbocycles. The Kier molecular flexibility index (Phi) is 3.70. The molecule has 0 fully saturated rings. The number of nitrogens with zero attached hydrogens (tertiary/aromatic N) is 1. The van der Waals surface area contributed by atoms with Crippen LogP contribution in [-0.2, 0) is 0 Å². The highest BCUT2D eigenvalue weighted by atomic mass is 79.9. The number of pyridine rings is 1. The Bertz CT molecular complexity index is 303. The van der Waals surface area contributed by atoms with E-state index in [-0.39, 0.29) is 5.84 Å². The molecule has 4 nitrogen and oxygen atoms in total. The molecule has 0 spiro atoms. The summed E-state index contributed by atoms with van der Waals surface area (Å²) in [6, 6.07) is 1.81. The Labute approximate surface area is 84.8 Å². The number of halogens is 1. The number of nitrogens with one attached hydrogen (secondary N) is 1. The van der Waals surface area contributed by atoms with Crippen molar-refractivity contribution in [3.8, 4) is 5.75 Å². The average Bonchev–Trinajstić information content (AvgIpc) is 2.03. The molecule has 1 rings (SSSR count). The fourth-order valence-corrected chi connectivity index (χ4v) is 1.09. The van der Waals surface area contributed by atoms with Gasteiger partial charge in [0.25, 0.3) is 0 Å². The topological polar surface area (TPSA) is 72.0 Å². The van der Waals surface area contributed by atoms with E-state index >= 15 is 0 Å². The van der Waals surface area contributed by atoms with Gasteiger partial charge in [0.15, 0.2) is 0 Å². The summed E-state index contributed by atoms with van der Waals surface area (Å²) < 4.78 is 6.15. The van der Waals surface area contributed by atoms with Gasteiger partial charge in [-0.05, 0) is 22.0 Å². The summed E-state index contributed by atoms with van der Waals surface area (Å²) in [5.41, 5.74) is 5.16. The molecule has 1 heterocycles. The number of ether oxygens (including phenoxy) is 1. The molecular formula is C8H10BrN3O. The van der Waals surface area contributed by atoms with Crippen LogP contribution in [0, 0.1) is 5.41 Å². The second-order valence-corrected chi connectivity index (χ2v) is 3.38. The van der Waals surface area contributed by atoms with Crippen LogP contribution in [0.1, 0.15) is 6.42 Å². The highest BCUT2D eigenvalue weighted by molar-refractivity contribution is 9.10. The smallest absolute Gasteiger partial charge is 0.138 e. The van der Waals surface area contributed by atoms with Gasteiger partial charge in [-0.2, -0.15) is 0 Å². The summed E-state index contributed by atoms with van der Waals surface area (Å²) in [4.78, 5) is 3.93. The molecule has 0 bridgehead atoms. The largest absolute Gasteiger partial charge is 0.491 e. The van der Waals surface area contributed by atoms with E-state index in [1.54, 1.807) is 12.4 Å². The van der Waals surface area contributed by atoms with Gasteiger partial charge in [0.05, 0.1) is 18.6 Å². The highest BCUT2D eigenvalue weighted by Crippen LogP contribution is 2.15. The van der Waals surface area contributed by atoms with Crippen molar-refractivity contribution in [2.24, 2.45) is 5.73 Å². The fourth-order valence-electron chi connectivity index (χ4n) is 0.750. The number of aromatic nitrogens is 1. The molecule has 1 aromatic heterocycles. The molecule has 1 aromatic rings. The van der Waals surface area contributed by atoms with Gasteiger partial charge in [0.1, 0.15) is 5.75 Å². The predicted octanol–water partition coefficient (Wildman–Crippen LogP) is 1.55. The Morgan fingerprint density at radius 2 is 2.38 bits per heavy atom. The van der Waals surface area contributed by atoms with Crippen LogP contribution in [0.3, 0.4) is 0 Å². The number of nitrogens with two attached hydrogens (primary N) is 1. The molecule has 13 heavy (non-hydrogen) atoms. The van der Waals surface area contributed by atoms with E-state index in [0.29, 0.717) is 18.8 Å². The maximum absolute atomic E-state index is 6.98. The molecule has 0 amide bonds. The quantitative estimate of drug-likeness (QED) is 0.623. The minimum Gasteiger partial charge on any atom is -0.491 e. The van der Waals surface area contributed by atoms with E-state index in [9.17, 15) is 0 Å². The van der Waals surface area contributed by atoms with Crippen LogP contribution in [0.5, 0.6) is 5.75 Å². The maximum Gasteiger partial charge on any atom is 0.138 e. The minimum atomic E-state index is 0.128. The van der Waals surface area contributed by atoms with Gasteiger partial charge in [-0.15, -0.1) is 0 Å². The SMILES string of the molecule is N=C(N)CCOc1cncc(Br)c1. The molecule has 70 valence electrons.